The van der Waals surface area contributed by atoms with Gasteiger partial charge in [-0.15, -0.1) is 11.3 Å². The molecule has 1 heterocycles. The first kappa shape index (κ1) is 21.4. The maximum Gasteiger partial charge on any atom is 0.271 e. The smallest absolute Gasteiger partial charge is 0.271 e. The molecule has 154 valence electrons. The number of nitriles is 1. The molecule has 0 spiro atoms. The summed E-state index contributed by atoms with van der Waals surface area (Å²) in [6, 6.07) is 18.4. The normalized spacial score (nSPS) is 10.8. The number of rotatable bonds is 9. The summed E-state index contributed by atoms with van der Waals surface area (Å²) in [5.74, 6) is 0.206. The molecule has 0 unspecified atom stereocenters. The van der Waals surface area contributed by atoms with Gasteiger partial charge in [0.25, 0.3) is 15.9 Å². The molecule has 0 saturated carbocycles. The maximum absolute atomic E-state index is 12.6. The van der Waals surface area contributed by atoms with E-state index in [9.17, 15) is 13.2 Å². The lowest BCUT2D eigenvalue weighted by Gasteiger charge is -2.10. The second kappa shape index (κ2) is 9.91. The zero-order valence-electron chi connectivity index (χ0n) is 15.9. The van der Waals surface area contributed by atoms with Gasteiger partial charge in [-0.1, -0.05) is 18.2 Å². The van der Waals surface area contributed by atoms with Gasteiger partial charge in [0.15, 0.2) is 0 Å². The van der Waals surface area contributed by atoms with E-state index in [-0.39, 0.29) is 10.1 Å². The van der Waals surface area contributed by atoms with Crippen LogP contribution in [-0.4, -0.2) is 20.9 Å². The second-order valence-electron chi connectivity index (χ2n) is 6.21. The lowest BCUT2D eigenvalue weighted by molar-refractivity contribution is 0.102. The number of nitrogens with zero attached hydrogens (tertiary/aromatic N) is 1. The summed E-state index contributed by atoms with van der Waals surface area (Å²) < 4.78 is 33.0. The predicted octanol–water partition coefficient (Wildman–Crippen LogP) is 4.48. The van der Waals surface area contributed by atoms with Crippen LogP contribution in [0.2, 0.25) is 0 Å². The van der Waals surface area contributed by atoms with Gasteiger partial charge in [0, 0.05) is 29.4 Å². The van der Waals surface area contributed by atoms with Crippen molar-refractivity contribution in [3.63, 3.8) is 0 Å². The van der Waals surface area contributed by atoms with Crippen molar-refractivity contribution in [2.45, 2.75) is 17.1 Å². The second-order valence-corrected chi connectivity index (χ2v) is 9.07. The Kier molecular flexibility index (Phi) is 7.06. The molecular formula is C21H19N3O4S2. The topological polar surface area (TPSA) is 108 Å². The van der Waals surface area contributed by atoms with Crippen LogP contribution in [0.3, 0.4) is 0 Å². The van der Waals surface area contributed by atoms with E-state index in [4.69, 9.17) is 10.00 Å². The molecule has 0 saturated heterocycles. The first-order valence-electron chi connectivity index (χ1n) is 9.05. The van der Waals surface area contributed by atoms with Gasteiger partial charge in [-0.05, 0) is 48.2 Å². The SMILES string of the molecule is N#CCCCOc1cccc(NC(=O)c2cccc(NS(=O)(=O)c3cccs3)c2)c1. The molecular weight excluding hydrogens is 422 g/mol. The Bertz CT molecular complexity index is 1150. The average molecular weight is 442 g/mol. The number of amides is 1. The molecule has 2 N–H and O–H groups in total. The largest absolute Gasteiger partial charge is 0.493 e. The maximum atomic E-state index is 12.6. The Labute approximate surface area is 179 Å². The molecule has 9 heteroatoms. The van der Waals surface area contributed by atoms with Gasteiger partial charge < -0.3 is 10.1 Å². The molecule has 1 amide bonds. The summed E-state index contributed by atoms with van der Waals surface area (Å²) in [6.45, 7) is 0.414. The minimum atomic E-state index is -3.69. The Morgan fingerprint density at radius 2 is 1.87 bits per heavy atom. The van der Waals surface area contributed by atoms with E-state index in [0.29, 0.717) is 42.1 Å². The third kappa shape index (κ3) is 5.83. The lowest BCUT2D eigenvalue weighted by Crippen LogP contribution is -2.14. The highest BCUT2D eigenvalue weighted by Gasteiger charge is 2.16. The Morgan fingerprint density at radius 3 is 2.63 bits per heavy atom. The number of hydrogen-bond acceptors (Lipinski definition) is 6. The monoisotopic (exact) mass is 441 g/mol. The number of sulfonamides is 1. The minimum absolute atomic E-state index is 0.198. The number of benzene rings is 2. The first-order chi connectivity index (χ1) is 14.5. The van der Waals surface area contributed by atoms with Crippen molar-refractivity contribution < 1.29 is 17.9 Å². The van der Waals surface area contributed by atoms with E-state index >= 15 is 0 Å². The molecule has 0 fully saturated rings. The fourth-order valence-corrected chi connectivity index (χ4v) is 4.60. The lowest BCUT2D eigenvalue weighted by atomic mass is 10.2. The summed E-state index contributed by atoms with van der Waals surface area (Å²) in [5.41, 5.74) is 1.15. The molecule has 0 aliphatic carbocycles. The van der Waals surface area contributed by atoms with Gasteiger partial charge in [0.05, 0.1) is 12.7 Å². The van der Waals surface area contributed by atoms with Crippen LogP contribution in [0.1, 0.15) is 23.2 Å². The minimum Gasteiger partial charge on any atom is -0.493 e. The number of ether oxygens (including phenoxy) is 1. The quantitative estimate of drug-likeness (QED) is 0.476. The van der Waals surface area contributed by atoms with Gasteiger partial charge in [0.2, 0.25) is 0 Å². The Morgan fingerprint density at radius 1 is 1.07 bits per heavy atom. The van der Waals surface area contributed by atoms with Gasteiger partial charge in [-0.3, -0.25) is 9.52 Å². The molecule has 0 bridgehead atoms. The molecule has 0 aliphatic heterocycles. The van der Waals surface area contributed by atoms with Crippen molar-refractivity contribution >= 4 is 38.6 Å². The molecule has 3 aromatic rings. The number of nitrogens with one attached hydrogen (secondary N) is 2. The number of hydrogen-bond donors (Lipinski definition) is 2. The predicted molar refractivity (Wildman–Crippen MR) is 116 cm³/mol. The van der Waals surface area contributed by atoms with E-state index in [1.165, 1.54) is 12.1 Å². The molecule has 3 rings (SSSR count). The fourth-order valence-electron chi connectivity index (χ4n) is 2.55. The van der Waals surface area contributed by atoms with Crippen molar-refractivity contribution in [2.75, 3.05) is 16.6 Å². The van der Waals surface area contributed by atoms with E-state index in [2.05, 4.69) is 16.1 Å². The number of thiophene rings is 1. The van der Waals surface area contributed by atoms with Crippen molar-refractivity contribution in [3.05, 3.63) is 71.6 Å². The number of unbranched alkanes of at least 4 members (excludes halogenated alkanes) is 1. The number of carbonyl (C=O) groups excluding carboxylic acids is 1. The standard InChI is InChI=1S/C21H19N3O4S2/c22-11-1-2-12-28-19-9-4-7-17(15-19)23-21(25)16-6-3-8-18(14-16)24-30(26,27)20-10-5-13-29-20/h3-10,13-15,24H,1-2,12H2,(H,23,25). The van der Waals surface area contributed by atoms with Crippen LogP contribution in [0.25, 0.3) is 0 Å². The van der Waals surface area contributed by atoms with Crippen LogP contribution in [0.4, 0.5) is 11.4 Å². The Balaban J connectivity index is 1.66. The average Bonchev–Trinajstić information content (AvgIpc) is 3.27. The highest BCUT2D eigenvalue weighted by atomic mass is 32.2. The summed E-state index contributed by atoms with van der Waals surface area (Å²) in [5, 5.41) is 13.0. The van der Waals surface area contributed by atoms with Crippen molar-refractivity contribution in [1.29, 1.82) is 5.26 Å². The van der Waals surface area contributed by atoms with Crippen molar-refractivity contribution in [3.8, 4) is 11.8 Å². The third-order valence-electron chi connectivity index (χ3n) is 3.93. The molecule has 1 aromatic heterocycles. The van der Waals surface area contributed by atoms with Crippen LogP contribution in [0.5, 0.6) is 5.75 Å². The summed E-state index contributed by atoms with van der Waals surface area (Å²) >= 11 is 1.11. The zero-order chi connectivity index (χ0) is 21.4. The third-order valence-corrected chi connectivity index (χ3v) is 6.71. The molecule has 0 atom stereocenters. The molecule has 0 aliphatic rings. The molecule has 2 aromatic carbocycles. The van der Waals surface area contributed by atoms with Crippen LogP contribution in [0.15, 0.2) is 70.3 Å². The van der Waals surface area contributed by atoms with Gasteiger partial charge in [-0.2, -0.15) is 5.26 Å². The highest BCUT2D eigenvalue weighted by Crippen LogP contribution is 2.22. The van der Waals surface area contributed by atoms with E-state index in [0.717, 1.165) is 11.3 Å². The van der Waals surface area contributed by atoms with Crippen LogP contribution < -0.4 is 14.8 Å². The van der Waals surface area contributed by atoms with Crippen molar-refractivity contribution in [2.24, 2.45) is 0 Å². The molecule has 7 nitrogen and oxygen atoms in total. The first-order valence-corrected chi connectivity index (χ1v) is 11.4. The van der Waals surface area contributed by atoms with Crippen LogP contribution in [0, 0.1) is 11.3 Å². The highest BCUT2D eigenvalue weighted by molar-refractivity contribution is 7.94. The van der Waals surface area contributed by atoms with Crippen LogP contribution >= 0.6 is 11.3 Å². The van der Waals surface area contributed by atoms with E-state index in [1.807, 2.05) is 0 Å². The summed E-state index contributed by atoms with van der Waals surface area (Å²) in [6.07, 6.45) is 1.05. The molecule has 30 heavy (non-hydrogen) atoms. The Hall–Kier alpha value is -3.35. The summed E-state index contributed by atoms with van der Waals surface area (Å²) in [4.78, 5) is 12.6. The zero-order valence-corrected chi connectivity index (χ0v) is 17.5. The van der Waals surface area contributed by atoms with E-state index in [1.54, 1.807) is 53.9 Å². The summed E-state index contributed by atoms with van der Waals surface area (Å²) in [7, 11) is -3.69. The van der Waals surface area contributed by atoms with Crippen LogP contribution in [-0.2, 0) is 10.0 Å². The van der Waals surface area contributed by atoms with E-state index < -0.39 is 10.0 Å². The van der Waals surface area contributed by atoms with Gasteiger partial charge in [0.1, 0.15) is 9.96 Å². The number of carbonyl (C=O) groups is 1. The van der Waals surface area contributed by atoms with Gasteiger partial charge >= 0.3 is 0 Å². The fraction of sp³-hybridized carbons (Fsp3) is 0.143. The van der Waals surface area contributed by atoms with Gasteiger partial charge in [-0.25, -0.2) is 8.42 Å². The number of anilines is 2. The van der Waals surface area contributed by atoms with Crippen molar-refractivity contribution in [1.82, 2.24) is 0 Å². The molecule has 0 radical (unpaired) electrons.